The second kappa shape index (κ2) is 8.97. The molecule has 29 heavy (non-hydrogen) atoms. The number of nitrogens with one attached hydrogen (secondary N) is 1. The molecule has 156 valence electrons. The van der Waals surface area contributed by atoms with Gasteiger partial charge < -0.3 is 9.64 Å². The molecule has 1 heterocycles. The number of hydrogen-bond acceptors (Lipinski definition) is 4. The zero-order chi connectivity index (χ0) is 21.0. The minimum absolute atomic E-state index is 0.0315. The number of hydrogen-bond donors (Lipinski definition) is 1. The first kappa shape index (κ1) is 21.3. The highest BCUT2D eigenvalue weighted by atomic mass is 32.2. The second-order valence-corrected chi connectivity index (χ2v) is 9.17. The van der Waals surface area contributed by atoms with Crippen LogP contribution in [0.4, 0.5) is 0 Å². The molecule has 0 radical (unpaired) electrons. The minimum atomic E-state index is -3.64. The summed E-state index contributed by atoms with van der Waals surface area (Å²) in [7, 11) is -2.02. The molecule has 3 rings (SSSR count). The Hall–Kier alpha value is -2.38. The fraction of sp³-hybridized carbons (Fsp3) is 0.409. The van der Waals surface area contributed by atoms with Gasteiger partial charge in [-0.3, -0.25) is 4.79 Å². The Labute approximate surface area is 172 Å². The molecular formula is C22H28N2O4S. The number of carbonyl (C=O) groups is 1. The SMILES string of the molecule is COc1ccc(C2CCCN2C(=O)CCNS(=O)(=O)c2cc(C)ccc2C)cc1. The van der Waals surface area contributed by atoms with Crippen molar-refractivity contribution in [1.29, 1.82) is 0 Å². The van der Waals surface area contributed by atoms with Gasteiger partial charge in [0.15, 0.2) is 0 Å². The van der Waals surface area contributed by atoms with Crippen molar-refractivity contribution in [3.63, 3.8) is 0 Å². The largest absolute Gasteiger partial charge is 0.497 e. The topological polar surface area (TPSA) is 75.7 Å². The van der Waals surface area contributed by atoms with Gasteiger partial charge in [0.1, 0.15) is 5.75 Å². The summed E-state index contributed by atoms with van der Waals surface area (Å²) in [5, 5.41) is 0. The number of carbonyl (C=O) groups excluding carboxylic acids is 1. The molecule has 6 nitrogen and oxygen atoms in total. The van der Waals surface area contributed by atoms with E-state index in [1.807, 2.05) is 42.2 Å². The Bertz CT molecular complexity index is 971. The van der Waals surface area contributed by atoms with E-state index in [-0.39, 0.29) is 29.8 Å². The number of methoxy groups -OCH3 is 1. The van der Waals surface area contributed by atoms with Crippen molar-refractivity contribution in [1.82, 2.24) is 9.62 Å². The first-order valence-corrected chi connectivity index (χ1v) is 11.3. The summed E-state index contributed by atoms with van der Waals surface area (Å²) in [6.07, 6.45) is 1.99. The zero-order valence-corrected chi connectivity index (χ0v) is 18.0. The van der Waals surface area contributed by atoms with Crippen LogP contribution in [0.2, 0.25) is 0 Å². The fourth-order valence-electron chi connectivity index (χ4n) is 3.75. The molecule has 1 unspecified atom stereocenters. The van der Waals surface area contributed by atoms with Crippen LogP contribution in [0.1, 0.15) is 42.0 Å². The van der Waals surface area contributed by atoms with E-state index in [4.69, 9.17) is 4.74 Å². The van der Waals surface area contributed by atoms with Crippen molar-refractivity contribution < 1.29 is 17.9 Å². The van der Waals surface area contributed by atoms with Crippen molar-refractivity contribution in [2.24, 2.45) is 0 Å². The summed E-state index contributed by atoms with van der Waals surface area (Å²) >= 11 is 0. The van der Waals surface area contributed by atoms with Gasteiger partial charge in [0.05, 0.1) is 18.0 Å². The lowest BCUT2D eigenvalue weighted by Gasteiger charge is -2.25. The lowest BCUT2D eigenvalue weighted by atomic mass is 10.0. The maximum Gasteiger partial charge on any atom is 0.240 e. The first-order chi connectivity index (χ1) is 13.8. The van der Waals surface area contributed by atoms with E-state index in [0.717, 1.165) is 29.7 Å². The maximum atomic E-state index is 12.8. The van der Waals surface area contributed by atoms with Crippen molar-refractivity contribution in [2.45, 2.75) is 44.0 Å². The highest BCUT2D eigenvalue weighted by molar-refractivity contribution is 7.89. The normalized spacial score (nSPS) is 16.8. The fourth-order valence-corrected chi connectivity index (χ4v) is 5.11. The zero-order valence-electron chi connectivity index (χ0n) is 17.1. The molecule has 7 heteroatoms. The molecule has 2 aromatic rings. The summed E-state index contributed by atoms with van der Waals surface area (Å²) in [4.78, 5) is 14.9. The van der Waals surface area contributed by atoms with Crippen LogP contribution in [0.15, 0.2) is 47.4 Å². The second-order valence-electron chi connectivity index (χ2n) is 7.44. The third kappa shape index (κ3) is 4.97. The molecule has 1 atom stereocenters. The smallest absolute Gasteiger partial charge is 0.240 e. The van der Waals surface area contributed by atoms with Gasteiger partial charge in [-0.1, -0.05) is 24.3 Å². The maximum absolute atomic E-state index is 12.8. The summed E-state index contributed by atoms with van der Waals surface area (Å²) in [6.45, 7) is 4.40. The molecule has 0 spiro atoms. The van der Waals surface area contributed by atoms with Crippen LogP contribution in [0.3, 0.4) is 0 Å². The number of amides is 1. The van der Waals surface area contributed by atoms with Crippen LogP contribution in [-0.2, 0) is 14.8 Å². The van der Waals surface area contributed by atoms with Crippen LogP contribution >= 0.6 is 0 Å². The van der Waals surface area contributed by atoms with E-state index < -0.39 is 10.0 Å². The van der Waals surface area contributed by atoms with Crippen LogP contribution in [0, 0.1) is 13.8 Å². The predicted molar refractivity (Wildman–Crippen MR) is 112 cm³/mol. The Kier molecular flexibility index (Phi) is 6.59. The van der Waals surface area contributed by atoms with Gasteiger partial charge in [-0.2, -0.15) is 0 Å². The standard InChI is InChI=1S/C22H28N2O4S/c1-16-6-7-17(2)21(15-16)29(26,27)23-13-12-22(25)24-14-4-5-20(24)18-8-10-19(28-3)11-9-18/h6-11,15,20,23H,4-5,12-14H2,1-3H3. The molecule has 1 amide bonds. The molecule has 1 aliphatic heterocycles. The lowest BCUT2D eigenvalue weighted by Crippen LogP contribution is -2.34. The van der Waals surface area contributed by atoms with Crippen LogP contribution < -0.4 is 9.46 Å². The molecular weight excluding hydrogens is 388 g/mol. The highest BCUT2D eigenvalue weighted by Crippen LogP contribution is 2.33. The Morgan fingerprint density at radius 2 is 1.90 bits per heavy atom. The molecule has 1 fully saturated rings. The number of ether oxygens (including phenoxy) is 1. The Morgan fingerprint density at radius 3 is 2.59 bits per heavy atom. The van der Waals surface area contributed by atoms with E-state index in [9.17, 15) is 13.2 Å². The number of sulfonamides is 1. The average molecular weight is 417 g/mol. The van der Waals surface area contributed by atoms with E-state index >= 15 is 0 Å². The van der Waals surface area contributed by atoms with E-state index in [1.54, 1.807) is 26.2 Å². The van der Waals surface area contributed by atoms with Crippen molar-refractivity contribution in [3.8, 4) is 5.75 Å². The van der Waals surface area contributed by atoms with E-state index in [1.165, 1.54) is 0 Å². The molecule has 1 saturated heterocycles. The highest BCUT2D eigenvalue weighted by Gasteiger charge is 2.29. The van der Waals surface area contributed by atoms with E-state index in [0.29, 0.717) is 12.1 Å². The number of benzene rings is 2. The Morgan fingerprint density at radius 1 is 1.17 bits per heavy atom. The Balaban J connectivity index is 1.61. The molecule has 0 bridgehead atoms. The summed E-state index contributed by atoms with van der Waals surface area (Å²) in [5.74, 6) is 0.748. The van der Waals surface area contributed by atoms with Crippen LogP contribution in [0.5, 0.6) is 5.75 Å². The molecule has 0 saturated carbocycles. The van der Waals surface area contributed by atoms with Crippen molar-refractivity contribution in [2.75, 3.05) is 20.2 Å². The molecule has 0 aromatic heterocycles. The summed E-state index contributed by atoms with van der Waals surface area (Å²) in [6, 6.07) is 13.1. The third-order valence-electron chi connectivity index (χ3n) is 5.34. The minimum Gasteiger partial charge on any atom is -0.497 e. The van der Waals surface area contributed by atoms with Crippen molar-refractivity contribution in [3.05, 3.63) is 59.2 Å². The lowest BCUT2D eigenvalue weighted by molar-refractivity contribution is -0.131. The van der Waals surface area contributed by atoms with Crippen LogP contribution in [0.25, 0.3) is 0 Å². The van der Waals surface area contributed by atoms with E-state index in [2.05, 4.69) is 4.72 Å². The van der Waals surface area contributed by atoms with Gasteiger partial charge in [-0.25, -0.2) is 13.1 Å². The number of aryl methyl sites for hydroxylation is 2. The monoisotopic (exact) mass is 416 g/mol. The van der Waals surface area contributed by atoms with Gasteiger partial charge >= 0.3 is 0 Å². The van der Waals surface area contributed by atoms with Crippen LogP contribution in [-0.4, -0.2) is 39.4 Å². The predicted octanol–water partition coefficient (Wildman–Crippen LogP) is 3.34. The third-order valence-corrected chi connectivity index (χ3v) is 6.94. The molecule has 1 aliphatic rings. The number of likely N-dealkylation sites (tertiary alicyclic amines) is 1. The molecule has 0 aliphatic carbocycles. The first-order valence-electron chi connectivity index (χ1n) is 9.82. The summed E-state index contributed by atoms with van der Waals surface area (Å²) in [5.41, 5.74) is 2.65. The van der Waals surface area contributed by atoms with Crippen molar-refractivity contribution >= 4 is 15.9 Å². The number of nitrogens with zero attached hydrogens (tertiary/aromatic N) is 1. The van der Waals surface area contributed by atoms with Gasteiger partial charge in [0, 0.05) is 19.5 Å². The van der Waals surface area contributed by atoms with Gasteiger partial charge in [-0.15, -0.1) is 0 Å². The molecule has 2 aromatic carbocycles. The average Bonchev–Trinajstić information content (AvgIpc) is 3.19. The van der Waals surface area contributed by atoms with Gasteiger partial charge in [0.2, 0.25) is 15.9 Å². The quantitative estimate of drug-likeness (QED) is 0.751. The molecule has 1 N–H and O–H groups in total. The summed E-state index contributed by atoms with van der Waals surface area (Å²) < 4.78 is 33.0. The van der Waals surface area contributed by atoms with Gasteiger partial charge in [0.25, 0.3) is 0 Å². The number of rotatable bonds is 7. The van der Waals surface area contributed by atoms with Gasteiger partial charge in [-0.05, 0) is 61.6 Å².